The maximum atomic E-state index is 12.6. The Labute approximate surface area is 70.7 Å². The van der Waals surface area contributed by atoms with Crippen molar-refractivity contribution in [1.82, 2.24) is 0 Å². The van der Waals surface area contributed by atoms with Crippen LogP contribution in [0.1, 0.15) is 0 Å². The van der Waals surface area contributed by atoms with Crippen LogP contribution in [0.2, 0.25) is 0 Å². The number of hydrogen-bond donors (Lipinski definition) is 1. The number of rotatable bonds is 1. The van der Waals surface area contributed by atoms with Gasteiger partial charge in [0.25, 0.3) is 0 Å². The molecule has 0 unspecified atom stereocenters. The SMILES string of the molecule is [O-]N(O)c1cc(Br)ccc1F. The minimum Gasteiger partial charge on any atom is -0.733 e. The maximum Gasteiger partial charge on any atom is 0.147 e. The molecule has 0 saturated carbocycles. The monoisotopic (exact) mass is 220 g/mol. The van der Waals surface area contributed by atoms with Gasteiger partial charge in [-0.05, 0) is 18.2 Å². The number of halogens is 2. The summed E-state index contributed by atoms with van der Waals surface area (Å²) in [5.74, 6) is -0.759. The summed E-state index contributed by atoms with van der Waals surface area (Å²) in [6.45, 7) is 0. The van der Waals surface area contributed by atoms with Gasteiger partial charge in [-0.25, -0.2) is 4.39 Å². The van der Waals surface area contributed by atoms with Crippen LogP contribution in [-0.2, 0) is 0 Å². The molecule has 0 aliphatic carbocycles. The molecular weight excluding hydrogens is 217 g/mol. The molecule has 0 amide bonds. The summed E-state index contributed by atoms with van der Waals surface area (Å²) in [5, 5.41) is 18.1. The first-order valence-electron chi connectivity index (χ1n) is 2.72. The van der Waals surface area contributed by atoms with Gasteiger partial charge in [-0.3, -0.25) is 5.21 Å². The predicted octanol–water partition coefficient (Wildman–Crippen LogP) is 2.28. The van der Waals surface area contributed by atoms with Crippen molar-refractivity contribution in [2.24, 2.45) is 0 Å². The molecule has 60 valence electrons. The van der Waals surface area contributed by atoms with E-state index in [2.05, 4.69) is 15.9 Å². The van der Waals surface area contributed by atoms with E-state index >= 15 is 0 Å². The molecule has 0 heterocycles. The third kappa shape index (κ3) is 1.89. The van der Waals surface area contributed by atoms with E-state index in [0.717, 1.165) is 6.07 Å². The molecule has 0 aromatic heterocycles. The van der Waals surface area contributed by atoms with Crippen molar-refractivity contribution in [3.05, 3.63) is 33.7 Å². The van der Waals surface area contributed by atoms with Gasteiger partial charge in [0.15, 0.2) is 0 Å². The van der Waals surface area contributed by atoms with Crippen molar-refractivity contribution in [3.63, 3.8) is 0 Å². The van der Waals surface area contributed by atoms with Crippen LogP contribution < -0.4 is 5.23 Å². The van der Waals surface area contributed by atoms with Gasteiger partial charge in [0, 0.05) is 4.47 Å². The summed E-state index contributed by atoms with van der Waals surface area (Å²) in [6, 6.07) is 3.70. The lowest BCUT2D eigenvalue weighted by Gasteiger charge is -2.21. The predicted molar refractivity (Wildman–Crippen MR) is 41.7 cm³/mol. The van der Waals surface area contributed by atoms with Gasteiger partial charge in [0.05, 0.1) is 5.69 Å². The molecule has 11 heavy (non-hydrogen) atoms. The Kier molecular flexibility index (Phi) is 2.43. The van der Waals surface area contributed by atoms with E-state index in [1.54, 1.807) is 0 Å². The van der Waals surface area contributed by atoms with Crippen LogP contribution in [0.15, 0.2) is 22.7 Å². The topological polar surface area (TPSA) is 46.5 Å². The average molecular weight is 221 g/mol. The second-order valence-corrected chi connectivity index (χ2v) is 2.78. The highest BCUT2D eigenvalue weighted by Gasteiger charge is 2.01. The van der Waals surface area contributed by atoms with Crippen LogP contribution in [-0.4, -0.2) is 5.21 Å². The maximum absolute atomic E-state index is 12.6. The summed E-state index contributed by atoms with van der Waals surface area (Å²) in [6.07, 6.45) is 0. The fraction of sp³-hybridized carbons (Fsp3) is 0. The molecule has 0 radical (unpaired) electrons. The van der Waals surface area contributed by atoms with E-state index < -0.39 is 16.7 Å². The smallest absolute Gasteiger partial charge is 0.147 e. The van der Waals surface area contributed by atoms with Crippen LogP contribution in [0.5, 0.6) is 0 Å². The molecule has 0 aliphatic heterocycles. The Morgan fingerprint density at radius 3 is 2.64 bits per heavy atom. The van der Waals surface area contributed by atoms with Gasteiger partial charge in [-0.2, -0.15) is 0 Å². The van der Waals surface area contributed by atoms with Crippen molar-refractivity contribution in [3.8, 4) is 0 Å². The van der Waals surface area contributed by atoms with Crippen LogP contribution in [0, 0.1) is 11.0 Å². The van der Waals surface area contributed by atoms with Crippen LogP contribution in [0.4, 0.5) is 10.1 Å². The molecule has 3 nitrogen and oxygen atoms in total. The normalized spacial score (nSPS) is 9.82. The quantitative estimate of drug-likeness (QED) is 0.740. The van der Waals surface area contributed by atoms with E-state index in [0.29, 0.717) is 4.47 Å². The molecule has 0 bridgehead atoms. The Morgan fingerprint density at radius 1 is 1.55 bits per heavy atom. The third-order valence-electron chi connectivity index (χ3n) is 1.11. The number of hydrogen-bond acceptors (Lipinski definition) is 3. The molecular formula is C6H4BrFNO2-. The Morgan fingerprint density at radius 2 is 2.18 bits per heavy atom. The fourth-order valence-electron chi connectivity index (χ4n) is 0.632. The first-order valence-corrected chi connectivity index (χ1v) is 3.52. The van der Waals surface area contributed by atoms with Gasteiger partial charge in [0.2, 0.25) is 0 Å². The van der Waals surface area contributed by atoms with E-state index in [4.69, 9.17) is 5.21 Å². The molecule has 0 fully saturated rings. The van der Waals surface area contributed by atoms with Gasteiger partial charge < -0.3 is 10.4 Å². The van der Waals surface area contributed by atoms with Crippen molar-refractivity contribution < 1.29 is 9.60 Å². The molecule has 0 saturated heterocycles. The van der Waals surface area contributed by atoms with Crippen molar-refractivity contribution in [2.45, 2.75) is 0 Å². The lowest BCUT2D eigenvalue weighted by atomic mass is 10.3. The molecule has 0 spiro atoms. The van der Waals surface area contributed by atoms with Gasteiger partial charge in [-0.15, -0.1) is 0 Å². The lowest BCUT2D eigenvalue weighted by Crippen LogP contribution is -2.08. The largest absolute Gasteiger partial charge is 0.733 e. The molecule has 5 heteroatoms. The third-order valence-corrected chi connectivity index (χ3v) is 1.61. The van der Waals surface area contributed by atoms with Gasteiger partial charge >= 0.3 is 0 Å². The first-order chi connectivity index (χ1) is 5.11. The average Bonchev–Trinajstić information content (AvgIpc) is 1.94. The minimum atomic E-state index is -0.759. The van der Waals surface area contributed by atoms with Crippen LogP contribution >= 0.6 is 15.9 Å². The summed E-state index contributed by atoms with van der Waals surface area (Å²) >= 11 is 3.02. The minimum absolute atomic E-state index is 0.403. The zero-order valence-corrected chi connectivity index (χ0v) is 6.88. The second-order valence-electron chi connectivity index (χ2n) is 1.87. The Bertz CT molecular complexity index is 267. The summed E-state index contributed by atoms with van der Waals surface area (Å²) in [4.78, 5) is 0. The Balaban J connectivity index is 3.13. The lowest BCUT2D eigenvalue weighted by molar-refractivity contribution is 0.292. The molecule has 1 aromatic rings. The molecule has 1 aromatic carbocycles. The fourth-order valence-corrected chi connectivity index (χ4v) is 0.981. The van der Waals surface area contributed by atoms with Crippen LogP contribution in [0.25, 0.3) is 0 Å². The summed E-state index contributed by atoms with van der Waals surface area (Å²) in [5.41, 5.74) is -0.403. The van der Waals surface area contributed by atoms with Gasteiger partial charge in [0.1, 0.15) is 5.82 Å². The first kappa shape index (κ1) is 8.45. The van der Waals surface area contributed by atoms with E-state index in [1.165, 1.54) is 12.1 Å². The summed E-state index contributed by atoms with van der Waals surface area (Å²) in [7, 11) is 0. The van der Waals surface area contributed by atoms with Crippen LogP contribution in [0.3, 0.4) is 0 Å². The van der Waals surface area contributed by atoms with Gasteiger partial charge in [-0.1, -0.05) is 15.9 Å². The molecule has 1 N–H and O–H groups in total. The standard InChI is InChI=1S/C6H4BrFNO2/c7-4-1-2-5(8)6(3-4)9(10)11/h1-3,10H/q-1. The zero-order chi connectivity index (χ0) is 8.43. The van der Waals surface area contributed by atoms with E-state index in [9.17, 15) is 9.60 Å². The van der Waals surface area contributed by atoms with Crippen molar-refractivity contribution in [1.29, 1.82) is 0 Å². The summed E-state index contributed by atoms with van der Waals surface area (Å²) < 4.78 is 13.1. The number of nitrogens with zero attached hydrogens (tertiary/aromatic N) is 1. The highest BCUT2D eigenvalue weighted by molar-refractivity contribution is 9.10. The van der Waals surface area contributed by atoms with E-state index in [-0.39, 0.29) is 0 Å². The Hall–Kier alpha value is -0.650. The molecule has 1 rings (SSSR count). The van der Waals surface area contributed by atoms with Crippen molar-refractivity contribution in [2.75, 3.05) is 5.23 Å². The second kappa shape index (κ2) is 3.17. The zero-order valence-electron chi connectivity index (χ0n) is 5.29. The highest BCUT2D eigenvalue weighted by Crippen LogP contribution is 2.21. The number of anilines is 1. The molecule has 0 atom stereocenters. The number of benzene rings is 1. The highest BCUT2D eigenvalue weighted by atomic mass is 79.9. The van der Waals surface area contributed by atoms with Crippen molar-refractivity contribution >= 4 is 21.6 Å². The molecule has 0 aliphatic rings. The van der Waals surface area contributed by atoms with E-state index in [1.807, 2.05) is 0 Å².